The van der Waals surface area contributed by atoms with Gasteiger partial charge in [0.05, 0.1) is 11.7 Å². The first-order chi connectivity index (χ1) is 20.5. The number of aromatic nitrogens is 2. The Morgan fingerprint density at radius 3 is 2.40 bits per heavy atom. The maximum atomic E-state index is 12.5. The van der Waals surface area contributed by atoms with Crippen LogP contribution in [-0.4, -0.2) is 27.2 Å². The first kappa shape index (κ1) is 27.2. The van der Waals surface area contributed by atoms with Gasteiger partial charge in [-0.05, 0) is 110 Å². The van der Waals surface area contributed by atoms with Crippen molar-refractivity contribution in [3.8, 4) is 11.4 Å². The van der Waals surface area contributed by atoms with Gasteiger partial charge in [-0.1, -0.05) is 30.3 Å². The predicted octanol–water partition coefficient (Wildman–Crippen LogP) is 6.68. The minimum Gasteiger partial charge on any atom is -0.484 e. The summed E-state index contributed by atoms with van der Waals surface area (Å²) >= 11 is 5.92. The van der Waals surface area contributed by atoms with Gasteiger partial charge in [-0.15, -0.1) is 0 Å². The number of carbonyl (C=O) groups excluding carboxylic acids is 1. The van der Waals surface area contributed by atoms with Gasteiger partial charge < -0.3 is 24.8 Å². The number of nitrogens with one attached hydrogen (secondary N) is 2. The van der Waals surface area contributed by atoms with Crippen LogP contribution in [0.2, 0.25) is 0 Å². The van der Waals surface area contributed by atoms with Crippen LogP contribution in [0.5, 0.6) is 5.75 Å². The molecule has 2 N–H and O–H groups in total. The van der Waals surface area contributed by atoms with Crippen molar-refractivity contribution < 1.29 is 9.53 Å². The molecule has 2 atom stereocenters. The number of anilines is 2. The Labute approximate surface area is 250 Å². The smallest absolute Gasteiger partial charge is 0.262 e. The molecule has 7 nitrogen and oxygen atoms in total. The van der Waals surface area contributed by atoms with E-state index in [1.165, 1.54) is 11.1 Å². The standard InChI is InChI=1S/C34H31N5O2S/c1-23-13-16-27(21-24(23)2)38-20-8-12-30(38)33-32(29-11-6-7-19-35-29)37-34(42)39(33)26-17-14-25(15-18-26)36-31(40)22-41-28-9-4-3-5-10-28/h3-21,32-33H,22H2,1-2H3,(H,36,40)(H,37,42). The summed E-state index contributed by atoms with van der Waals surface area (Å²) in [7, 11) is 0. The fraction of sp³-hybridized carbons (Fsp3) is 0.147. The Balaban J connectivity index is 1.29. The van der Waals surface area contributed by atoms with E-state index in [0.717, 1.165) is 22.8 Å². The third-order valence-electron chi connectivity index (χ3n) is 7.49. The molecule has 1 aliphatic rings. The van der Waals surface area contributed by atoms with Crippen molar-refractivity contribution in [1.82, 2.24) is 14.9 Å². The average molecular weight is 574 g/mol. The highest BCUT2D eigenvalue weighted by Crippen LogP contribution is 2.42. The Morgan fingerprint density at radius 1 is 0.905 bits per heavy atom. The molecule has 3 aromatic carbocycles. The number of ether oxygens (including phenoxy) is 1. The normalized spacial score (nSPS) is 16.2. The van der Waals surface area contributed by atoms with E-state index in [9.17, 15) is 4.79 Å². The zero-order valence-electron chi connectivity index (χ0n) is 23.4. The zero-order chi connectivity index (χ0) is 29.1. The number of benzene rings is 3. The van der Waals surface area contributed by atoms with Crippen LogP contribution in [0.4, 0.5) is 11.4 Å². The third-order valence-corrected chi connectivity index (χ3v) is 7.81. The summed E-state index contributed by atoms with van der Waals surface area (Å²) in [6.45, 7) is 4.18. The molecule has 0 bridgehead atoms. The van der Waals surface area contributed by atoms with Crippen molar-refractivity contribution in [2.45, 2.75) is 25.9 Å². The molecule has 2 aromatic heterocycles. The fourth-order valence-electron chi connectivity index (χ4n) is 5.25. The highest BCUT2D eigenvalue weighted by atomic mass is 32.1. The minimum absolute atomic E-state index is 0.0742. The lowest BCUT2D eigenvalue weighted by molar-refractivity contribution is -0.118. The van der Waals surface area contributed by atoms with E-state index in [1.54, 1.807) is 6.20 Å². The largest absolute Gasteiger partial charge is 0.484 e. The van der Waals surface area contributed by atoms with Gasteiger partial charge >= 0.3 is 0 Å². The predicted molar refractivity (Wildman–Crippen MR) is 170 cm³/mol. The number of para-hydroxylation sites is 1. The molecular formula is C34H31N5O2S. The van der Waals surface area contributed by atoms with Gasteiger partial charge in [0.15, 0.2) is 11.7 Å². The minimum atomic E-state index is -0.232. The summed E-state index contributed by atoms with van der Waals surface area (Å²) < 4.78 is 7.80. The van der Waals surface area contributed by atoms with E-state index in [0.29, 0.717) is 16.5 Å². The van der Waals surface area contributed by atoms with E-state index in [1.807, 2.05) is 72.8 Å². The fourth-order valence-corrected chi connectivity index (χ4v) is 5.59. The average Bonchev–Trinajstić information content (AvgIpc) is 3.63. The van der Waals surface area contributed by atoms with E-state index >= 15 is 0 Å². The molecule has 0 spiro atoms. The summed E-state index contributed by atoms with van der Waals surface area (Å²) in [5, 5.41) is 7.05. The number of hydrogen-bond donors (Lipinski definition) is 2. The van der Waals surface area contributed by atoms with Crippen LogP contribution < -0.4 is 20.3 Å². The van der Waals surface area contributed by atoms with Crippen LogP contribution >= 0.6 is 12.2 Å². The van der Waals surface area contributed by atoms with E-state index < -0.39 is 0 Å². The number of aryl methyl sites for hydroxylation is 2. The maximum Gasteiger partial charge on any atom is 0.262 e. The first-order valence-corrected chi connectivity index (χ1v) is 14.2. The van der Waals surface area contributed by atoms with Crippen molar-refractivity contribution in [3.63, 3.8) is 0 Å². The second-order valence-corrected chi connectivity index (χ2v) is 10.7. The van der Waals surface area contributed by atoms with Gasteiger partial charge in [0, 0.05) is 35.1 Å². The molecule has 0 aliphatic carbocycles. The summed E-state index contributed by atoms with van der Waals surface area (Å²) in [4.78, 5) is 19.3. The van der Waals surface area contributed by atoms with Crippen molar-refractivity contribution in [3.05, 3.63) is 138 Å². The molecule has 1 aliphatic heterocycles. The topological polar surface area (TPSA) is 71.4 Å². The Morgan fingerprint density at radius 2 is 1.67 bits per heavy atom. The van der Waals surface area contributed by atoms with Gasteiger partial charge in [-0.3, -0.25) is 9.78 Å². The van der Waals surface area contributed by atoms with Crippen LogP contribution in [0.1, 0.15) is 34.6 Å². The Bertz CT molecular complexity index is 1700. The number of carbonyl (C=O) groups is 1. The molecule has 2 unspecified atom stereocenters. The van der Waals surface area contributed by atoms with Crippen molar-refractivity contribution >= 4 is 34.6 Å². The van der Waals surface area contributed by atoms with Gasteiger partial charge in [-0.25, -0.2) is 0 Å². The maximum absolute atomic E-state index is 12.5. The molecule has 6 rings (SSSR count). The van der Waals surface area contributed by atoms with Crippen LogP contribution in [-0.2, 0) is 4.79 Å². The molecular weight excluding hydrogens is 542 g/mol. The number of amides is 1. The molecule has 210 valence electrons. The summed E-state index contributed by atoms with van der Waals surface area (Å²) in [6.07, 6.45) is 3.89. The SMILES string of the molecule is Cc1ccc(-n2cccc2C2C(c3ccccn3)NC(=S)N2c2ccc(NC(=O)COc3ccccc3)cc2)cc1C. The summed E-state index contributed by atoms with van der Waals surface area (Å²) in [5.74, 6) is 0.418. The number of rotatable bonds is 8. The Hall–Kier alpha value is -4.95. The van der Waals surface area contributed by atoms with E-state index in [4.69, 9.17) is 17.0 Å². The lowest BCUT2D eigenvalue weighted by Gasteiger charge is -2.29. The lowest BCUT2D eigenvalue weighted by Crippen LogP contribution is -2.30. The van der Waals surface area contributed by atoms with Crippen molar-refractivity contribution in [2.75, 3.05) is 16.8 Å². The van der Waals surface area contributed by atoms with E-state index in [2.05, 4.69) is 75.5 Å². The molecule has 42 heavy (non-hydrogen) atoms. The van der Waals surface area contributed by atoms with Gasteiger partial charge in [0.25, 0.3) is 5.91 Å². The molecule has 5 aromatic rings. The van der Waals surface area contributed by atoms with Crippen LogP contribution in [0.15, 0.2) is 116 Å². The summed E-state index contributed by atoms with van der Waals surface area (Å²) in [5.41, 5.74) is 7.14. The lowest BCUT2D eigenvalue weighted by atomic mass is 10.0. The quantitative estimate of drug-likeness (QED) is 0.202. The van der Waals surface area contributed by atoms with Crippen molar-refractivity contribution in [2.24, 2.45) is 0 Å². The van der Waals surface area contributed by atoms with E-state index in [-0.39, 0.29) is 24.6 Å². The number of hydrogen-bond acceptors (Lipinski definition) is 4. The second kappa shape index (κ2) is 11.9. The van der Waals surface area contributed by atoms with Crippen LogP contribution in [0.3, 0.4) is 0 Å². The highest BCUT2D eigenvalue weighted by Gasteiger charge is 2.42. The zero-order valence-corrected chi connectivity index (χ0v) is 24.2. The monoisotopic (exact) mass is 573 g/mol. The van der Waals surface area contributed by atoms with Gasteiger partial charge in [0.1, 0.15) is 11.8 Å². The highest BCUT2D eigenvalue weighted by molar-refractivity contribution is 7.80. The molecule has 8 heteroatoms. The number of thiocarbonyl (C=S) groups is 1. The van der Waals surface area contributed by atoms with Crippen molar-refractivity contribution in [1.29, 1.82) is 0 Å². The second-order valence-electron chi connectivity index (χ2n) is 10.3. The van der Waals surface area contributed by atoms with Crippen LogP contribution in [0, 0.1) is 13.8 Å². The van der Waals surface area contributed by atoms with Gasteiger partial charge in [0.2, 0.25) is 0 Å². The summed E-state index contributed by atoms with van der Waals surface area (Å²) in [6, 6.07) is 33.3. The number of pyridine rings is 1. The first-order valence-electron chi connectivity index (χ1n) is 13.8. The molecule has 3 heterocycles. The molecule has 1 fully saturated rings. The molecule has 1 amide bonds. The molecule has 1 saturated heterocycles. The third kappa shape index (κ3) is 5.62. The Kier molecular flexibility index (Phi) is 7.70. The molecule has 0 radical (unpaired) electrons. The van der Waals surface area contributed by atoms with Gasteiger partial charge in [-0.2, -0.15) is 0 Å². The number of nitrogens with zero attached hydrogens (tertiary/aromatic N) is 3. The van der Waals surface area contributed by atoms with Crippen LogP contribution in [0.25, 0.3) is 5.69 Å². The molecule has 0 saturated carbocycles.